The predicted octanol–water partition coefficient (Wildman–Crippen LogP) is 3.17. The number of aliphatic carboxylic acids is 1. The second kappa shape index (κ2) is 6.56. The zero-order chi connectivity index (χ0) is 16.2. The Morgan fingerprint density at radius 2 is 2.00 bits per heavy atom. The van der Waals surface area contributed by atoms with Crippen molar-refractivity contribution in [3.8, 4) is 0 Å². The van der Waals surface area contributed by atoms with Gasteiger partial charge < -0.3 is 15.2 Å². The average molecular weight is 297 g/mol. The van der Waals surface area contributed by atoms with Crippen molar-refractivity contribution in [1.82, 2.24) is 5.32 Å². The molecular formula is C15H20FNO4. The SMILES string of the molecule is Cc1ccc(F)cc1[C@H](CC(=O)O)NC(=O)OC(C)(C)C. The molecule has 1 rings (SSSR count). The lowest BCUT2D eigenvalue weighted by Gasteiger charge is -2.24. The van der Waals surface area contributed by atoms with E-state index in [0.29, 0.717) is 11.1 Å². The van der Waals surface area contributed by atoms with Gasteiger partial charge in [-0.05, 0) is 51.0 Å². The van der Waals surface area contributed by atoms with E-state index in [9.17, 15) is 14.0 Å². The van der Waals surface area contributed by atoms with Gasteiger partial charge in [0.1, 0.15) is 11.4 Å². The van der Waals surface area contributed by atoms with Crippen LogP contribution in [-0.2, 0) is 9.53 Å². The van der Waals surface area contributed by atoms with Crippen molar-refractivity contribution in [1.29, 1.82) is 0 Å². The maximum Gasteiger partial charge on any atom is 0.408 e. The highest BCUT2D eigenvalue weighted by molar-refractivity contribution is 5.72. The minimum Gasteiger partial charge on any atom is -0.481 e. The number of carboxylic acid groups (broad SMARTS) is 1. The van der Waals surface area contributed by atoms with Gasteiger partial charge in [-0.3, -0.25) is 4.79 Å². The van der Waals surface area contributed by atoms with Crippen molar-refractivity contribution < 1.29 is 23.8 Å². The number of carbonyl (C=O) groups is 2. The van der Waals surface area contributed by atoms with Crippen LogP contribution < -0.4 is 5.32 Å². The van der Waals surface area contributed by atoms with Crippen molar-refractivity contribution in [3.63, 3.8) is 0 Å². The minimum atomic E-state index is -1.10. The monoisotopic (exact) mass is 297 g/mol. The van der Waals surface area contributed by atoms with Crippen molar-refractivity contribution in [2.75, 3.05) is 0 Å². The summed E-state index contributed by atoms with van der Waals surface area (Å²) >= 11 is 0. The normalized spacial score (nSPS) is 12.6. The molecule has 0 heterocycles. The molecule has 0 aliphatic rings. The van der Waals surface area contributed by atoms with E-state index in [1.54, 1.807) is 27.7 Å². The van der Waals surface area contributed by atoms with Crippen LogP contribution in [-0.4, -0.2) is 22.8 Å². The van der Waals surface area contributed by atoms with Gasteiger partial charge in [-0.2, -0.15) is 0 Å². The third-order valence-corrected chi connectivity index (χ3v) is 2.69. The Morgan fingerprint density at radius 3 is 2.52 bits per heavy atom. The molecule has 1 atom stereocenters. The number of aryl methyl sites for hydroxylation is 1. The van der Waals surface area contributed by atoms with Crippen molar-refractivity contribution >= 4 is 12.1 Å². The first kappa shape index (κ1) is 16.9. The van der Waals surface area contributed by atoms with Crippen molar-refractivity contribution in [2.24, 2.45) is 0 Å². The zero-order valence-electron chi connectivity index (χ0n) is 12.6. The summed E-state index contributed by atoms with van der Waals surface area (Å²) in [6, 6.07) is 3.19. The van der Waals surface area contributed by atoms with Crippen LogP contribution in [0.25, 0.3) is 0 Å². The maximum atomic E-state index is 13.4. The van der Waals surface area contributed by atoms with Crippen molar-refractivity contribution in [3.05, 3.63) is 35.1 Å². The first-order valence-electron chi connectivity index (χ1n) is 6.56. The molecule has 5 nitrogen and oxygen atoms in total. The van der Waals surface area contributed by atoms with Gasteiger partial charge in [0, 0.05) is 0 Å². The summed E-state index contributed by atoms with van der Waals surface area (Å²) in [6.45, 7) is 6.82. The van der Waals surface area contributed by atoms with E-state index in [1.165, 1.54) is 18.2 Å². The highest BCUT2D eigenvalue weighted by Crippen LogP contribution is 2.22. The Hall–Kier alpha value is -2.11. The standard InChI is InChI=1S/C15H20FNO4/c1-9-5-6-10(16)7-11(9)12(8-13(18)19)17-14(20)21-15(2,3)4/h5-7,12H,8H2,1-4H3,(H,17,20)(H,18,19)/t12-/m0/s1. The van der Waals surface area contributed by atoms with E-state index in [4.69, 9.17) is 9.84 Å². The summed E-state index contributed by atoms with van der Waals surface area (Å²) in [7, 11) is 0. The smallest absolute Gasteiger partial charge is 0.408 e. The van der Waals surface area contributed by atoms with E-state index in [1.807, 2.05) is 0 Å². The lowest BCUT2D eigenvalue weighted by atomic mass is 9.98. The fourth-order valence-corrected chi connectivity index (χ4v) is 1.85. The molecule has 116 valence electrons. The molecule has 6 heteroatoms. The summed E-state index contributed by atoms with van der Waals surface area (Å²) in [6.07, 6.45) is -1.10. The van der Waals surface area contributed by atoms with Gasteiger partial charge in [0.25, 0.3) is 0 Å². The number of halogens is 1. The molecular weight excluding hydrogens is 277 g/mol. The number of alkyl carbamates (subject to hydrolysis) is 1. The van der Waals surface area contributed by atoms with Crippen LogP contribution in [0, 0.1) is 12.7 Å². The second-order valence-electron chi connectivity index (χ2n) is 5.80. The number of ether oxygens (including phenoxy) is 1. The summed E-state index contributed by atoms with van der Waals surface area (Å²) in [4.78, 5) is 22.8. The lowest BCUT2D eigenvalue weighted by Crippen LogP contribution is -2.36. The fourth-order valence-electron chi connectivity index (χ4n) is 1.85. The number of hydrogen-bond acceptors (Lipinski definition) is 3. The van der Waals surface area contributed by atoms with E-state index in [-0.39, 0.29) is 6.42 Å². The molecule has 1 amide bonds. The molecule has 0 unspecified atom stereocenters. The molecule has 21 heavy (non-hydrogen) atoms. The fraction of sp³-hybridized carbons (Fsp3) is 0.467. The van der Waals surface area contributed by atoms with E-state index < -0.39 is 29.5 Å². The summed E-state index contributed by atoms with van der Waals surface area (Å²) < 4.78 is 18.5. The number of nitrogens with one attached hydrogen (secondary N) is 1. The number of hydrogen-bond donors (Lipinski definition) is 2. The Kier molecular flexibility index (Phi) is 5.29. The van der Waals surface area contributed by atoms with E-state index >= 15 is 0 Å². The van der Waals surface area contributed by atoms with Crippen LogP contribution in [0.15, 0.2) is 18.2 Å². The molecule has 0 aromatic heterocycles. The molecule has 0 aliphatic heterocycles. The van der Waals surface area contributed by atoms with Gasteiger partial charge in [0.2, 0.25) is 0 Å². The Balaban J connectivity index is 2.98. The first-order chi connectivity index (χ1) is 9.58. The van der Waals surface area contributed by atoms with Crippen LogP contribution in [0.3, 0.4) is 0 Å². The predicted molar refractivity (Wildman–Crippen MR) is 75.5 cm³/mol. The molecule has 0 saturated heterocycles. The molecule has 0 aliphatic carbocycles. The Bertz CT molecular complexity index is 537. The number of amides is 1. The van der Waals surface area contributed by atoms with Crippen LogP contribution >= 0.6 is 0 Å². The van der Waals surface area contributed by atoms with Gasteiger partial charge in [0.05, 0.1) is 12.5 Å². The maximum absolute atomic E-state index is 13.4. The number of carboxylic acids is 1. The third kappa shape index (κ3) is 5.81. The molecule has 0 radical (unpaired) electrons. The molecule has 0 saturated carbocycles. The molecule has 1 aromatic rings. The van der Waals surface area contributed by atoms with E-state index in [0.717, 1.165) is 0 Å². The van der Waals surface area contributed by atoms with Crippen LogP contribution in [0.2, 0.25) is 0 Å². The van der Waals surface area contributed by atoms with Gasteiger partial charge >= 0.3 is 12.1 Å². The highest BCUT2D eigenvalue weighted by atomic mass is 19.1. The topological polar surface area (TPSA) is 75.6 Å². The lowest BCUT2D eigenvalue weighted by molar-refractivity contribution is -0.137. The largest absolute Gasteiger partial charge is 0.481 e. The quantitative estimate of drug-likeness (QED) is 0.895. The van der Waals surface area contributed by atoms with Gasteiger partial charge in [-0.15, -0.1) is 0 Å². The van der Waals surface area contributed by atoms with Gasteiger partial charge in [-0.25, -0.2) is 9.18 Å². The summed E-state index contributed by atoms with van der Waals surface area (Å²) in [5.41, 5.74) is 0.413. The van der Waals surface area contributed by atoms with E-state index in [2.05, 4.69) is 5.32 Å². The van der Waals surface area contributed by atoms with Gasteiger partial charge in [0.15, 0.2) is 0 Å². The average Bonchev–Trinajstić information content (AvgIpc) is 2.28. The van der Waals surface area contributed by atoms with Crippen LogP contribution in [0.1, 0.15) is 44.4 Å². The molecule has 2 N–H and O–H groups in total. The number of carbonyl (C=O) groups excluding carboxylic acids is 1. The second-order valence-corrected chi connectivity index (χ2v) is 5.80. The molecule has 0 bridgehead atoms. The summed E-state index contributed by atoms with van der Waals surface area (Å²) in [5.74, 6) is -1.59. The number of benzene rings is 1. The minimum absolute atomic E-state index is 0.358. The Labute approximate surface area is 123 Å². The van der Waals surface area contributed by atoms with Crippen LogP contribution in [0.4, 0.5) is 9.18 Å². The molecule has 0 fully saturated rings. The van der Waals surface area contributed by atoms with Crippen molar-refractivity contribution in [2.45, 2.75) is 45.8 Å². The van der Waals surface area contributed by atoms with Crippen LogP contribution in [0.5, 0.6) is 0 Å². The highest BCUT2D eigenvalue weighted by Gasteiger charge is 2.23. The van der Waals surface area contributed by atoms with Gasteiger partial charge in [-0.1, -0.05) is 6.07 Å². The third-order valence-electron chi connectivity index (χ3n) is 2.69. The summed E-state index contributed by atoms with van der Waals surface area (Å²) in [5, 5.41) is 11.4. The Morgan fingerprint density at radius 1 is 1.38 bits per heavy atom. The number of rotatable bonds is 4. The first-order valence-corrected chi connectivity index (χ1v) is 6.56. The zero-order valence-corrected chi connectivity index (χ0v) is 12.6. The molecule has 1 aromatic carbocycles. The molecule has 0 spiro atoms.